The van der Waals surface area contributed by atoms with Crippen molar-refractivity contribution in [3.05, 3.63) is 53.5 Å². The highest BCUT2D eigenvalue weighted by molar-refractivity contribution is 6.10. The molecule has 4 amide bonds. The van der Waals surface area contributed by atoms with Gasteiger partial charge >= 0.3 is 6.03 Å². The molecule has 2 heterocycles. The number of rotatable bonds is 4. The lowest BCUT2D eigenvalue weighted by Crippen LogP contribution is -2.41. The van der Waals surface area contributed by atoms with Crippen LogP contribution in [0.25, 0.3) is 0 Å². The van der Waals surface area contributed by atoms with Crippen molar-refractivity contribution >= 4 is 23.5 Å². The van der Waals surface area contributed by atoms with Crippen molar-refractivity contribution in [3.8, 4) is 0 Å². The van der Waals surface area contributed by atoms with Gasteiger partial charge in [-0.2, -0.15) is 0 Å². The van der Waals surface area contributed by atoms with E-state index in [4.69, 9.17) is 4.42 Å². The number of aryl methyl sites for hydroxylation is 1. The van der Waals surface area contributed by atoms with Gasteiger partial charge in [0.25, 0.3) is 5.91 Å². The predicted molar refractivity (Wildman–Crippen MR) is 90.9 cm³/mol. The molecule has 1 aliphatic rings. The fourth-order valence-corrected chi connectivity index (χ4v) is 2.79. The zero-order valence-corrected chi connectivity index (χ0v) is 14.3. The normalized spacial score (nSPS) is 19.9. The molecule has 0 radical (unpaired) electrons. The molecule has 0 bridgehead atoms. The van der Waals surface area contributed by atoms with Crippen LogP contribution in [-0.4, -0.2) is 29.3 Å². The first-order chi connectivity index (χ1) is 11.8. The summed E-state index contributed by atoms with van der Waals surface area (Å²) in [7, 11) is 0. The number of carbonyl (C=O) groups excluding carboxylic acids is 3. The number of furan rings is 1. The Bertz CT molecular complexity index is 844. The topological polar surface area (TPSA) is 91.7 Å². The van der Waals surface area contributed by atoms with Crippen LogP contribution in [0.2, 0.25) is 0 Å². The zero-order chi connectivity index (χ0) is 18.2. The molecule has 1 aliphatic heterocycles. The lowest BCUT2D eigenvalue weighted by Gasteiger charge is -2.19. The standard InChI is InChI=1S/C18H19N3O4/c1-11-6-4-7-13(12(11)2)19-15(22)10-21-16(23)18(3,20-17(21)24)14-8-5-9-25-14/h4-9H,10H2,1-3H3,(H,19,22)(H,20,24). The fourth-order valence-electron chi connectivity index (χ4n) is 2.79. The smallest absolute Gasteiger partial charge is 0.325 e. The van der Waals surface area contributed by atoms with Crippen molar-refractivity contribution < 1.29 is 18.8 Å². The molecule has 1 aromatic heterocycles. The van der Waals surface area contributed by atoms with Gasteiger partial charge in [-0.15, -0.1) is 0 Å². The maximum Gasteiger partial charge on any atom is 0.325 e. The van der Waals surface area contributed by atoms with E-state index in [9.17, 15) is 14.4 Å². The Morgan fingerprint density at radius 3 is 2.68 bits per heavy atom. The minimum atomic E-state index is -1.31. The number of nitrogens with zero attached hydrogens (tertiary/aromatic N) is 1. The largest absolute Gasteiger partial charge is 0.466 e. The summed E-state index contributed by atoms with van der Waals surface area (Å²) in [4.78, 5) is 38.0. The Morgan fingerprint density at radius 2 is 2.00 bits per heavy atom. The summed E-state index contributed by atoms with van der Waals surface area (Å²) in [6.07, 6.45) is 1.43. The summed E-state index contributed by atoms with van der Waals surface area (Å²) in [5, 5.41) is 5.33. The molecule has 1 unspecified atom stereocenters. The first kappa shape index (κ1) is 16.8. The maximum atomic E-state index is 12.6. The molecule has 7 nitrogen and oxygen atoms in total. The molecule has 3 rings (SSSR count). The average Bonchev–Trinajstić information content (AvgIpc) is 3.17. The van der Waals surface area contributed by atoms with Crippen LogP contribution in [0.3, 0.4) is 0 Å². The quantitative estimate of drug-likeness (QED) is 0.835. The van der Waals surface area contributed by atoms with Crippen LogP contribution in [-0.2, 0) is 15.1 Å². The first-order valence-corrected chi connectivity index (χ1v) is 7.87. The highest BCUT2D eigenvalue weighted by Crippen LogP contribution is 2.29. The molecule has 0 saturated carbocycles. The molecule has 7 heteroatoms. The Hall–Kier alpha value is -3.09. The number of hydrogen-bond donors (Lipinski definition) is 2. The number of amides is 4. The molecule has 1 fully saturated rings. The van der Waals surface area contributed by atoms with Crippen LogP contribution in [0.15, 0.2) is 41.0 Å². The lowest BCUT2D eigenvalue weighted by molar-refractivity contribution is -0.134. The van der Waals surface area contributed by atoms with Gasteiger partial charge in [-0.05, 0) is 50.1 Å². The van der Waals surface area contributed by atoms with E-state index >= 15 is 0 Å². The zero-order valence-electron chi connectivity index (χ0n) is 14.3. The summed E-state index contributed by atoms with van der Waals surface area (Å²) in [6.45, 7) is 5.02. The second kappa shape index (κ2) is 6.08. The van der Waals surface area contributed by atoms with Crippen molar-refractivity contribution in [3.63, 3.8) is 0 Å². The molecule has 25 heavy (non-hydrogen) atoms. The third kappa shape index (κ3) is 2.88. The number of urea groups is 1. The van der Waals surface area contributed by atoms with E-state index in [1.54, 1.807) is 25.1 Å². The second-order valence-electron chi connectivity index (χ2n) is 6.22. The van der Waals surface area contributed by atoms with Gasteiger partial charge in [0, 0.05) is 5.69 Å². The van der Waals surface area contributed by atoms with Crippen molar-refractivity contribution in [2.45, 2.75) is 26.3 Å². The van der Waals surface area contributed by atoms with E-state index in [1.807, 2.05) is 26.0 Å². The van der Waals surface area contributed by atoms with Crippen molar-refractivity contribution in [2.24, 2.45) is 0 Å². The van der Waals surface area contributed by atoms with E-state index in [2.05, 4.69) is 10.6 Å². The Morgan fingerprint density at radius 1 is 1.24 bits per heavy atom. The summed E-state index contributed by atoms with van der Waals surface area (Å²) in [6, 6.07) is 8.17. The van der Waals surface area contributed by atoms with E-state index in [-0.39, 0.29) is 6.54 Å². The molecule has 1 saturated heterocycles. The number of hydrogen-bond acceptors (Lipinski definition) is 4. The Kier molecular flexibility index (Phi) is 4.08. The summed E-state index contributed by atoms with van der Waals surface area (Å²) in [5.74, 6) is -0.646. The van der Waals surface area contributed by atoms with Gasteiger partial charge in [-0.25, -0.2) is 4.79 Å². The number of benzene rings is 1. The van der Waals surface area contributed by atoms with Gasteiger partial charge < -0.3 is 15.1 Å². The van der Waals surface area contributed by atoms with Crippen LogP contribution in [0.5, 0.6) is 0 Å². The van der Waals surface area contributed by atoms with Crippen molar-refractivity contribution in [2.75, 3.05) is 11.9 Å². The van der Waals surface area contributed by atoms with Crippen LogP contribution in [0, 0.1) is 13.8 Å². The van der Waals surface area contributed by atoms with Crippen LogP contribution in [0.4, 0.5) is 10.5 Å². The molecule has 2 N–H and O–H groups in total. The average molecular weight is 341 g/mol. The van der Waals surface area contributed by atoms with Crippen molar-refractivity contribution in [1.82, 2.24) is 10.2 Å². The second-order valence-corrected chi connectivity index (χ2v) is 6.22. The molecule has 130 valence electrons. The van der Waals surface area contributed by atoms with Crippen molar-refractivity contribution in [1.29, 1.82) is 0 Å². The predicted octanol–water partition coefficient (Wildman–Crippen LogP) is 2.30. The molecular weight excluding hydrogens is 322 g/mol. The molecule has 0 aliphatic carbocycles. The lowest BCUT2D eigenvalue weighted by atomic mass is 9.99. The minimum absolute atomic E-state index is 0.322. The van der Waals surface area contributed by atoms with Gasteiger partial charge in [0.2, 0.25) is 5.91 Å². The van der Waals surface area contributed by atoms with E-state index in [0.29, 0.717) is 11.4 Å². The highest BCUT2D eigenvalue weighted by atomic mass is 16.3. The minimum Gasteiger partial charge on any atom is -0.466 e. The molecule has 0 spiro atoms. The van der Waals surface area contributed by atoms with Crippen LogP contribution < -0.4 is 10.6 Å². The molecule has 1 aromatic carbocycles. The Balaban J connectivity index is 1.74. The van der Waals surface area contributed by atoms with Gasteiger partial charge in [0.15, 0.2) is 5.54 Å². The number of nitrogens with one attached hydrogen (secondary N) is 2. The van der Waals surface area contributed by atoms with Gasteiger partial charge in [0.05, 0.1) is 6.26 Å². The van der Waals surface area contributed by atoms with Crippen LogP contribution in [0.1, 0.15) is 23.8 Å². The number of carbonyl (C=O) groups is 3. The number of anilines is 1. The third-order valence-corrected chi connectivity index (χ3v) is 4.47. The monoisotopic (exact) mass is 341 g/mol. The van der Waals surface area contributed by atoms with E-state index in [0.717, 1.165) is 16.0 Å². The Labute approximate surface area is 145 Å². The highest BCUT2D eigenvalue weighted by Gasteiger charge is 2.51. The first-order valence-electron chi connectivity index (χ1n) is 7.87. The molecule has 1 atom stereocenters. The summed E-state index contributed by atoms with van der Waals surface area (Å²) in [5.41, 5.74) is 1.33. The molecular formula is C18H19N3O4. The SMILES string of the molecule is Cc1cccc(NC(=O)CN2C(=O)NC(C)(c3ccco3)C2=O)c1C. The van der Waals surface area contributed by atoms with Gasteiger partial charge in [-0.3, -0.25) is 14.5 Å². The van der Waals surface area contributed by atoms with E-state index in [1.165, 1.54) is 6.26 Å². The molecule has 2 aromatic rings. The maximum absolute atomic E-state index is 12.6. The van der Waals surface area contributed by atoms with E-state index < -0.39 is 23.4 Å². The third-order valence-electron chi connectivity index (χ3n) is 4.47. The van der Waals surface area contributed by atoms with Gasteiger partial charge in [-0.1, -0.05) is 12.1 Å². The summed E-state index contributed by atoms with van der Waals surface area (Å²) < 4.78 is 5.25. The van der Waals surface area contributed by atoms with Gasteiger partial charge in [0.1, 0.15) is 12.3 Å². The number of imide groups is 1. The van der Waals surface area contributed by atoms with Crippen LogP contribution >= 0.6 is 0 Å². The summed E-state index contributed by atoms with van der Waals surface area (Å²) >= 11 is 0. The fraction of sp³-hybridized carbons (Fsp3) is 0.278.